The van der Waals surface area contributed by atoms with Crippen LogP contribution in [0.25, 0.3) is 0 Å². The second-order valence-electron chi connectivity index (χ2n) is 4.45. The number of amides is 1. The van der Waals surface area contributed by atoms with Crippen LogP contribution < -0.4 is 10.9 Å². The lowest BCUT2D eigenvalue weighted by Crippen LogP contribution is -2.20. The predicted octanol–water partition coefficient (Wildman–Crippen LogP) is 1.85. The van der Waals surface area contributed by atoms with E-state index in [0.29, 0.717) is 27.3 Å². The predicted molar refractivity (Wildman–Crippen MR) is 86.9 cm³/mol. The quantitative estimate of drug-likeness (QED) is 0.806. The number of anilines is 1. The molecular weight excluding hydrogens is 324 g/mol. The normalized spacial score (nSPS) is 10.5. The van der Waals surface area contributed by atoms with Crippen LogP contribution in [0.4, 0.5) is 5.13 Å². The van der Waals surface area contributed by atoms with Crippen molar-refractivity contribution in [3.8, 4) is 0 Å². The number of carbonyl (C=O) groups is 2. The summed E-state index contributed by atoms with van der Waals surface area (Å²) < 4.78 is 0. The van der Waals surface area contributed by atoms with E-state index in [4.69, 9.17) is 0 Å². The Balaban J connectivity index is 2.24. The number of aryl methyl sites for hydroxylation is 1. The Morgan fingerprint density at radius 1 is 1.41 bits per heavy atom. The number of ketones is 1. The number of aromatic amines is 1. The van der Waals surface area contributed by atoms with E-state index in [2.05, 4.69) is 20.3 Å². The van der Waals surface area contributed by atoms with Crippen molar-refractivity contribution in [3.05, 3.63) is 38.5 Å². The molecule has 1 amide bonds. The zero-order valence-corrected chi connectivity index (χ0v) is 13.9. The summed E-state index contributed by atoms with van der Waals surface area (Å²) in [6, 6.07) is 1.13. The Morgan fingerprint density at radius 2 is 2.14 bits per heavy atom. The summed E-state index contributed by atoms with van der Waals surface area (Å²) >= 11 is 2.58. The zero-order chi connectivity index (χ0) is 16.3. The molecule has 0 saturated carbocycles. The number of H-pyrrole nitrogens is 1. The number of nitrogens with zero attached hydrogens (tertiary/aromatic N) is 2. The van der Waals surface area contributed by atoms with Gasteiger partial charge in [-0.05, 0) is 13.2 Å². The highest BCUT2D eigenvalue weighted by Gasteiger charge is 2.16. The second-order valence-corrected chi connectivity index (χ2v) is 6.32. The number of hydrogen-bond donors (Lipinski definition) is 2. The smallest absolute Gasteiger partial charge is 0.276 e. The Kier molecular flexibility index (Phi) is 5.09. The van der Waals surface area contributed by atoms with E-state index >= 15 is 0 Å². The summed E-state index contributed by atoms with van der Waals surface area (Å²) in [5.74, 6) is 0.301. The lowest BCUT2D eigenvalue weighted by atomic mass is 10.3. The second kappa shape index (κ2) is 6.84. The lowest BCUT2D eigenvalue weighted by Gasteiger charge is -2.03. The third-order valence-electron chi connectivity index (χ3n) is 2.64. The van der Waals surface area contributed by atoms with Gasteiger partial charge in [0, 0.05) is 13.0 Å². The van der Waals surface area contributed by atoms with Crippen molar-refractivity contribution in [2.24, 2.45) is 0 Å². The zero-order valence-electron chi connectivity index (χ0n) is 12.2. The fraction of sp³-hybridized carbons (Fsp3) is 0.308. The van der Waals surface area contributed by atoms with E-state index in [1.807, 2.05) is 6.26 Å². The molecule has 0 saturated heterocycles. The van der Waals surface area contributed by atoms with Crippen molar-refractivity contribution in [3.63, 3.8) is 0 Å². The van der Waals surface area contributed by atoms with Crippen LogP contribution in [0.2, 0.25) is 0 Å². The van der Waals surface area contributed by atoms with Gasteiger partial charge in [0.25, 0.3) is 11.5 Å². The minimum Gasteiger partial charge on any atom is -0.310 e. The maximum atomic E-state index is 12.2. The highest BCUT2D eigenvalue weighted by Crippen LogP contribution is 2.23. The molecular formula is C13H14N4O3S2. The molecule has 0 fully saturated rings. The van der Waals surface area contributed by atoms with Crippen molar-refractivity contribution in [2.45, 2.75) is 19.6 Å². The van der Waals surface area contributed by atoms with Gasteiger partial charge in [0.05, 0.1) is 16.3 Å². The first kappa shape index (κ1) is 16.4. The Morgan fingerprint density at radius 3 is 2.73 bits per heavy atom. The molecule has 7 nitrogen and oxygen atoms in total. The van der Waals surface area contributed by atoms with Crippen molar-refractivity contribution < 1.29 is 9.59 Å². The molecule has 0 aromatic carbocycles. The van der Waals surface area contributed by atoms with E-state index in [0.717, 1.165) is 17.4 Å². The molecule has 2 rings (SSSR count). The van der Waals surface area contributed by atoms with Gasteiger partial charge in [-0.25, -0.2) is 9.97 Å². The molecule has 0 bridgehead atoms. The van der Waals surface area contributed by atoms with Crippen LogP contribution in [0, 0.1) is 6.92 Å². The molecule has 2 N–H and O–H groups in total. The molecule has 2 aromatic heterocycles. The van der Waals surface area contributed by atoms with Crippen LogP contribution in [0.15, 0.2) is 10.9 Å². The molecule has 0 aliphatic rings. The fourth-order valence-electron chi connectivity index (χ4n) is 1.77. The highest BCUT2D eigenvalue weighted by molar-refractivity contribution is 7.97. The van der Waals surface area contributed by atoms with Gasteiger partial charge in [-0.15, -0.1) is 0 Å². The molecule has 0 radical (unpaired) electrons. The highest BCUT2D eigenvalue weighted by atomic mass is 32.2. The molecule has 0 aliphatic carbocycles. The summed E-state index contributed by atoms with van der Waals surface area (Å²) in [6.45, 7) is 3.14. The molecule has 2 heterocycles. The Bertz CT molecular complexity index is 782. The van der Waals surface area contributed by atoms with Crippen LogP contribution in [0.1, 0.15) is 38.6 Å². The molecule has 116 valence electrons. The van der Waals surface area contributed by atoms with Crippen molar-refractivity contribution in [1.82, 2.24) is 15.0 Å². The molecule has 0 spiro atoms. The molecule has 22 heavy (non-hydrogen) atoms. The summed E-state index contributed by atoms with van der Waals surface area (Å²) in [5.41, 5.74) is 0.198. The summed E-state index contributed by atoms with van der Waals surface area (Å²) in [6.07, 6.45) is 1.87. The number of carbonyl (C=O) groups excluding carboxylic acids is 2. The third kappa shape index (κ3) is 3.80. The Hall–Kier alpha value is -2.00. The van der Waals surface area contributed by atoms with Crippen LogP contribution in [-0.2, 0) is 5.75 Å². The van der Waals surface area contributed by atoms with E-state index in [1.54, 1.807) is 6.92 Å². The van der Waals surface area contributed by atoms with Crippen molar-refractivity contribution >= 4 is 39.9 Å². The lowest BCUT2D eigenvalue weighted by molar-refractivity contribution is 0.101. The topological polar surface area (TPSA) is 105 Å². The molecule has 0 unspecified atom stereocenters. The van der Waals surface area contributed by atoms with Gasteiger partial charge in [-0.3, -0.25) is 19.7 Å². The fourth-order valence-corrected chi connectivity index (χ4v) is 3.03. The van der Waals surface area contributed by atoms with E-state index < -0.39 is 5.91 Å². The van der Waals surface area contributed by atoms with Gasteiger partial charge in [0.15, 0.2) is 10.9 Å². The monoisotopic (exact) mass is 338 g/mol. The largest absolute Gasteiger partial charge is 0.310 e. The van der Waals surface area contributed by atoms with Crippen LogP contribution in [0.5, 0.6) is 0 Å². The van der Waals surface area contributed by atoms with E-state index in [9.17, 15) is 14.4 Å². The summed E-state index contributed by atoms with van der Waals surface area (Å²) in [5, 5.41) is 2.87. The number of rotatable bonds is 5. The molecule has 0 aliphatic heterocycles. The van der Waals surface area contributed by atoms with E-state index in [-0.39, 0.29) is 17.0 Å². The number of nitrogens with one attached hydrogen (secondary N) is 2. The first-order chi connectivity index (χ1) is 10.4. The van der Waals surface area contributed by atoms with Gasteiger partial charge in [-0.1, -0.05) is 11.3 Å². The minimum atomic E-state index is -0.530. The average Bonchev–Trinajstić information content (AvgIpc) is 2.79. The SMILES string of the molecule is CSCc1nc(C(=O)Nc2nc(C)c(C(C)=O)s2)cc(=O)[nH]1. The molecule has 9 heteroatoms. The number of hydrogen-bond acceptors (Lipinski definition) is 7. The maximum Gasteiger partial charge on any atom is 0.276 e. The van der Waals surface area contributed by atoms with Crippen LogP contribution in [-0.4, -0.2) is 32.9 Å². The molecule has 0 atom stereocenters. The third-order valence-corrected chi connectivity index (χ3v) is 4.38. The van der Waals surface area contributed by atoms with Crippen molar-refractivity contribution in [2.75, 3.05) is 11.6 Å². The Labute approximate surface area is 134 Å². The van der Waals surface area contributed by atoms with Gasteiger partial charge in [0.2, 0.25) is 0 Å². The number of thiazole rings is 1. The number of thioether (sulfide) groups is 1. The van der Waals surface area contributed by atoms with Crippen LogP contribution in [0.3, 0.4) is 0 Å². The first-order valence-corrected chi connectivity index (χ1v) is 8.50. The maximum absolute atomic E-state index is 12.2. The minimum absolute atomic E-state index is 0.0185. The van der Waals surface area contributed by atoms with E-state index in [1.165, 1.54) is 18.7 Å². The first-order valence-electron chi connectivity index (χ1n) is 6.29. The number of Topliss-reactive ketones (excluding diaryl/α,β-unsaturated/α-hetero) is 1. The summed E-state index contributed by atoms with van der Waals surface area (Å²) in [7, 11) is 0. The van der Waals surface area contributed by atoms with Gasteiger partial charge in [-0.2, -0.15) is 11.8 Å². The van der Waals surface area contributed by atoms with Gasteiger partial charge in [0.1, 0.15) is 11.5 Å². The summed E-state index contributed by atoms with van der Waals surface area (Å²) in [4.78, 5) is 46.4. The van der Waals surface area contributed by atoms with Gasteiger partial charge >= 0.3 is 0 Å². The van der Waals surface area contributed by atoms with Crippen LogP contribution >= 0.6 is 23.1 Å². The molecule has 2 aromatic rings. The average molecular weight is 338 g/mol. The van der Waals surface area contributed by atoms with Crippen molar-refractivity contribution in [1.29, 1.82) is 0 Å². The van der Waals surface area contributed by atoms with Gasteiger partial charge < -0.3 is 4.98 Å². The standard InChI is InChI=1S/C13H14N4O3S2/c1-6-11(7(2)18)22-13(14-6)17-12(20)8-4-10(19)16-9(15-8)5-21-3/h4H,5H2,1-3H3,(H,14,17,20)(H,15,16,19). The number of aromatic nitrogens is 3.